The molecule has 0 saturated heterocycles. The Morgan fingerprint density at radius 3 is 2.00 bits per heavy atom. The summed E-state index contributed by atoms with van der Waals surface area (Å²) in [7, 11) is -4.83. The molecule has 108 valence electrons. The van der Waals surface area contributed by atoms with Crippen LogP contribution in [0.5, 0.6) is 0 Å². The van der Waals surface area contributed by atoms with Crippen LogP contribution >= 0.6 is 0 Å². The molecule has 0 spiro atoms. The minimum Gasteiger partial charge on any atom is -1.00 e. The molecule has 0 aliphatic rings. The van der Waals surface area contributed by atoms with Gasteiger partial charge in [-0.2, -0.15) is 8.42 Å². The largest absolute Gasteiger partial charge is 1.00 e. The summed E-state index contributed by atoms with van der Waals surface area (Å²) in [6, 6.07) is 0. The fourth-order valence-corrected chi connectivity index (χ4v) is 1.58. The molecule has 1 unspecified atom stereocenters. The van der Waals surface area contributed by atoms with Gasteiger partial charge in [-0.05, 0) is 0 Å². The Morgan fingerprint density at radius 2 is 1.58 bits per heavy atom. The van der Waals surface area contributed by atoms with Crippen LogP contribution in [0.4, 0.5) is 0 Å². The quantitative estimate of drug-likeness (QED) is 0.226. The van der Waals surface area contributed by atoms with Gasteiger partial charge in [-0.1, -0.05) is 0 Å². The third kappa shape index (κ3) is 9.87. The number of aliphatic hydroxyl groups is 2. The fourth-order valence-electron chi connectivity index (χ4n) is 0.919. The van der Waals surface area contributed by atoms with Crippen molar-refractivity contribution >= 4 is 22.1 Å². The monoisotopic (exact) mass is 326 g/mol. The van der Waals surface area contributed by atoms with Crippen LogP contribution in [0.15, 0.2) is 0 Å². The number of ether oxygens (including phenoxy) is 2. The second-order valence-corrected chi connectivity index (χ2v) is 4.64. The first-order valence-corrected chi connectivity index (χ1v) is 6.33. The molecule has 9 nitrogen and oxygen atoms in total. The van der Waals surface area contributed by atoms with Crippen LogP contribution in [0.2, 0.25) is 0 Å². The average Bonchev–Trinajstić information content (AvgIpc) is 2.28. The fraction of sp³-hybridized carbons (Fsp3) is 0.750. The molecule has 0 aromatic heterocycles. The smallest absolute Gasteiger partial charge is 1.00 e. The summed E-state index contributed by atoms with van der Waals surface area (Å²) >= 11 is 0. The first kappa shape index (κ1) is 21.7. The second-order valence-electron chi connectivity index (χ2n) is 3.04. The maximum atomic E-state index is 11.2. The van der Waals surface area contributed by atoms with Gasteiger partial charge in [0.1, 0.15) is 13.2 Å². The maximum absolute atomic E-state index is 11.2. The first-order valence-electron chi connectivity index (χ1n) is 4.83. The Bertz CT molecular complexity index is 385. The Kier molecular flexibility index (Phi) is 12.7. The summed E-state index contributed by atoms with van der Waals surface area (Å²) in [6.07, 6.45) is -0.941. The summed E-state index contributed by atoms with van der Waals surface area (Å²) in [5.74, 6) is -2.46. The Balaban J connectivity index is -0.00000144. The van der Waals surface area contributed by atoms with E-state index in [1.54, 1.807) is 0 Å². The van der Waals surface area contributed by atoms with Gasteiger partial charge in [0.2, 0.25) is 0 Å². The molecular weight excluding hydrogens is 311 g/mol. The predicted octanol–water partition coefficient (Wildman–Crippen LogP) is -5.18. The molecule has 1 atom stereocenters. The Labute approximate surface area is 153 Å². The van der Waals surface area contributed by atoms with Crippen molar-refractivity contribution in [1.82, 2.24) is 0 Å². The molecular formula is C8H15KO9S. The van der Waals surface area contributed by atoms with Crippen LogP contribution in [0.1, 0.15) is 7.85 Å². The van der Waals surface area contributed by atoms with E-state index in [0.717, 1.165) is 0 Å². The minimum atomic E-state index is -4.83. The van der Waals surface area contributed by atoms with Crippen molar-refractivity contribution in [1.29, 1.82) is 0 Å². The number of rotatable bonds is 8. The van der Waals surface area contributed by atoms with Gasteiger partial charge >= 0.3 is 63.3 Å². The van der Waals surface area contributed by atoms with Gasteiger partial charge in [-0.25, -0.2) is 0 Å². The zero-order chi connectivity index (χ0) is 14.2. The van der Waals surface area contributed by atoms with Crippen molar-refractivity contribution in [3.8, 4) is 0 Å². The molecule has 3 N–H and O–H groups in total. The van der Waals surface area contributed by atoms with Crippen LogP contribution < -0.4 is 51.4 Å². The van der Waals surface area contributed by atoms with Crippen molar-refractivity contribution < 1.29 is 95.1 Å². The van der Waals surface area contributed by atoms with Crippen LogP contribution in [-0.4, -0.2) is 66.8 Å². The van der Waals surface area contributed by atoms with Gasteiger partial charge in [0.15, 0.2) is 5.25 Å². The van der Waals surface area contributed by atoms with Gasteiger partial charge < -0.3 is 21.1 Å². The first-order chi connectivity index (χ1) is 8.32. The van der Waals surface area contributed by atoms with E-state index in [1.165, 1.54) is 0 Å². The predicted molar refractivity (Wildman–Crippen MR) is 57.2 cm³/mol. The van der Waals surface area contributed by atoms with E-state index in [0.29, 0.717) is 0 Å². The summed E-state index contributed by atoms with van der Waals surface area (Å²) in [5, 5.41) is 14.6. The molecule has 0 heterocycles. The third-order valence-electron chi connectivity index (χ3n) is 1.66. The molecule has 0 aliphatic heterocycles. The molecule has 0 aliphatic carbocycles. The molecule has 19 heavy (non-hydrogen) atoms. The van der Waals surface area contributed by atoms with Gasteiger partial charge in [0, 0.05) is 0 Å². The average molecular weight is 326 g/mol. The van der Waals surface area contributed by atoms with Crippen molar-refractivity contribution in [2.75, 3.05) is 26.4 Å². The molecule has 0 bridgehead atoms. The van der Waals surface area contributed by atoms with Crippen LogP contribution in [0, 0.1) is 0 Å². The number of aliphatic hydroxyl groups excluding tert-OH is 2. The number of carbonyl (C=O) groups is 2. The second kappa shape index (κ2) is 11.1. The standard InChI is InChI=1S/C8H14O9S.K.H/c9-1-3-16-7(11)5-6(18(13,14)15)8(12)17-4-2-10;;/h6,9-10H,1-5H2,(H,13,14,15);;/q;+1;-1. The molecule has 0 aromatic carbocycles. The molecule has 0 aromatic rings. The molecule has 0 amide bonds. The number of hydrogen-bond acceptors (Lipinski definition) is 8. The number of esters is 2. The van der Waals surface area contributed by atoms with Crippen molar-refractivity contribution in [3.63, 3.8) is 0 Å². The number of carbonyl (C=O) groups excluding carboxylic acids is 2. The third-order valence-corrected chi connectivity index (χ3v) is 2.74. The topological polar surface area (TPSA) is 147 Å². The molecule has 0 saturated carbocycles. The van der Waals surface area contributed by atoms with E-state index < -0.39 is 53.5 Å². The van der Waals surface area contributed by atoms with Crippen LogP contribution in [0.3, 0.4) is 0 Å². The Morgan fingerprint density at radius 1 is 1.11 bits per heavy atom. The van der Waals surface area contributed by atoms with Crippen molar-refractivity contribution in [3.05, 3.63) is 0 Å². The van der Waals surface area contributed by atoms with Crippen LogP contribution in [0.25, 0.3) is 0 Å². The number of hydrogen-bond donors (Lipinski definition) is 3. The summed E-state index contributed by atoms with van der Waals surface area (Å²) < 4.78 is 39.2. The zero-order valence-electron chi connectivity index (χ0n) is 11.3. The van der Waals surface area contributed by atoms with Gasteiger partial charge in [-0.15, -0.1) is 0 Å². The van der Waals surface area contributed by atoms with E-state index in [4.69, 9.17) is 14.8 Å². The van der Waals surface area contributed by atoms with E-state index in [-0.39, 0.29) is 59.4 Å². The zero-order valence-corrected chi connectivity index (χ0v) is 14.3. The molecule has 0 rings (SSSR count). The minimum absolute atomic E-state index is 0. The van der Waals surface area contributed by atoms with E-state index in [1.807, 2.05) is 0 Å². The normalized spacial score (nSPS) is 12.2. The van der Waals surface area contributed by atoms with Gasteiger partial charge in [-0.3, -0.25) is 14.1 Å². The van der Waals surface area contributed by atoms with E-state index >= 15 is 0 Å². The van der Waals surface area contributed by atoms with E-state index in [2.05, 4.69) is 9.47 Å². The molecule has 0 fully saturated rings. The van der Waals surface area contributed by atoms with Crippen LogP contribution in [-0.2, 0) is 29.2 Å². The van der Waals surface area contributed by atoms with Gasteiger partial charge in [0.05, 0.1) is 19.6 Å². The van der Waals surface area contributed by atoms with Crippen molar-refractivity contribution in [2.24, 2.45) is 0 Å². The Hall–Kier alpha value is 0.406. The molecule has 11 heteroatoms. The SMILES string of the molecule is O=C(CC(C(=O)OCCO)S(=O)(=O)O)OCCO.[H-].[K+]. The summed E-state index contributed by atoms with van der Waals surface area (Å²) in [5.41, 5.74) is 0. The summed E-state index contributed by atoms with van der Waals surface area (Å²) in [4.78, 5) is 22.3. The maximum Gasteiger partial charge on any atom is 1.00 e. The summed E-state index contributed by atoms with van der Waals surface area (Å²) in [6.45, 7) is -1.81. The van der Waals surface area contributed by atoms with Crippen molar-refractivity contribution in [2.45, 2.75) is 11.7 Å². The van der Waals surface area contributed by atoms with Gasteiger partial charge in [0.25, 0.3) is 10.1 Å². The molecule has 0 radical (unpaired) electrons. The van der Waals surface area contributed by atoms with E-state index in [9.17, 15) is 18.0 Å².